The minimum absolute atomic E-state index is 0.00137. The number of nitrogens with one attached hydrogen (secondary N) is 1. The Morgan fingerprint density at radius 1 is 1.00 bits per heavy atom. The van der Waals surface area contributed by atoms with Gasteiger partial charge in [-0.25, -0.2) is 0 Å². The maximum Gasteiger partial charge on any atom is 0.251 e. The molecule has 0 radical (unpaired) electrons. The van der Waals surface area contributed by atoms with Crippen LogP contribution in [0.2, 0.25) is 0 Å². The van der Waals surface area contributed by atoms with Gasteiger partial charge in [0.05, 0.1) is 13.7 Å². The van der Waals surface area contributed by atoms with E-state index in [4.69, 9.17) is 4.74 Å². The van der Waals surface area contributed by atoms with E-state index in [1.54, 1.807) is 36.3 Å². The zero-order valence-corrected chi connectivity index (χ0v) is 14.9. The molecule has 0 aromatic heterocycles. The van der Waals surface area contributed by atoms with E-state index >= 15 is 0 Å². The highest BCUT2D eigenvalue weighted by Crippen LogP contribution is 2.15. The van der Waals surface area contributed by atoms with E-state index in [0.717, 1.165) is 13.1 Å². The fourth-order valence-corrected chi connectivity index (χ4v) is 2.99. The molecule has 2 amide bonds. The van der Waals surface area contributed by atoms with E-state index in [1.807, 2.05) is 18.2 Å². The van der Waals surface area contributed by atoms with Crippen molar-refractivity contribution in [1.82, 2.24) is 10.2 Å². The van der Waals surface area contributed by atoms with Gasteiger partial charge in [-0.05, 0) is 30.3 Å². The molecule has 0 spiro atoms. The highest BCUT2D eigenvalue weighted by atomic mass is 16.5. The molecule has 0 atom stereocenters. The van der Waals surface area contributed by atoms with Crippen molar-refractivity contribution in [1.29, 1.82) is 0 Å². The molecule has 1 saturated heterocycles. The number of carbonyl (C=O) groups excluding carboxylic acids is 2. The lowest BCUT2D eigenvalue weighted by molar-refractivity contribution is -0.130. The third-order valence-corrected chi connectivity index (χ3v) is 4.49. The molecule has 2 aromatic carbocycles. The number of nitrogens with zero attached hydrogens (tertiary/aromatic N) is 2. The largest absolute Gasteiger partial charge is 0.497 e. The predicted molar refractivity (Wildman–Crippen MR) is 101 cm³/mol. The zero-order chi connectivity index (χ0) is 18.4. The lowest BCUT2D eigenvalue weighted by atomic mass is 10.2. The van der Waals surface area contributed by atoms with Gasteiger partial charge in [0, 0.05) is 37.4 Å². The maximum atomic E-state index is 12.4. The standard InChI is InChI=1S/C20H23N3O3/c1-26-18-9-5-6-16(14-18)20(25)21-15-19(24)23-12-10-22(11-13-23)17-7-3-2-4-8-17/h2-9,14H,10-13,15H2,1H3,(H,21,25). The molecule has 0 bridgehead atoms. The second kappa shape index (κ2) is 8.38. The third-order valence-electron chi connectivity index (χ3n) is 4.49. The Bertz CT molecular complexity index is 756. The van der Waals surface area contributed by atoms with Gasteiger partial charge >= 0.3 is 0 Å². The number of anilines is 1. The number of amides is 2. The van der Waals surface area contributed by atoms with Crippen LogP contribution in [-0.2, 0) is 4.79 Å². The van der Waals surface area contributed by atoms with Crippen molar-refractivity contribution in [3.8, 4) is 5.75 Å². The van der Waals surface area contributed by atoms with Crippen LogP contribution in [0.15, 0.2) is 54.6 Å². The van der Waals surface area contributed by atoms with Crippen LogP contribution in [-0.4, -0.2) is 56.5 Å². The number of rotatable bonds is 5. The molecule has 1 heterocycles. The van der Waals surface area contributed by atoms with E-state index in [1.165, 1.54) is 5.69 Å². The quantitative estimate of drug-likeness (QED) is 0.890. The molecule has 1 aliphatic rings. The zero-order valence-electron chi connectivity index (χ0n) is 14.9. The van der Waals surface area contributed by atoms with Crippen LogP contribution in [0.4, 0.5) is 5.69 Å². The number of ether oxygens (including phenoxy) is 1. The van der Waals surface area contributed by atoms with Gasteiger partial charge in [0.15, 0.2) is 0 Å². The average molecular weight is 353 g/mol. The monoisotopic (exact) mass is 353 g/mol. The summed E-state index contributed by atoms with van der Waals surface area (Å²) in [5, 5.41) is 2.69. The molecule has 6 nitrogen and oxygen atoms in total. The fraction of sp³-hybridized carbons (Fsp3) is 0.300. The Balaban J connectivity index is 1.47. The number of methoxy groups -OCH3 is 1. The smallest absolute Gasteiger partial charge is 0.251 e. The number of hydrogen-bond acceptors (Lipinski definition) is 4. The first kappa shape index (κ1) is 17.8. The average Bonchev–Trinajstić information content (AvgIpc) is 2.72. The molecule has 2 aromatic rings. The van der Waals surface area contributed by atoms with Crippen molar-refractivity contribution in [3.63, 3.8) is 0 Å². The third kappa shape index (κ3) is 4.33. The Kier molecular flexibility index (Phi) is 5.73. The Labute approximate surface area is 153 Å². The summed E-state index contributed by atoms with van der Waals surface area (Å²) in [5.74, 6) is 0.273. The highest BCUT2D eigenvalue weighted by Gasteiger charge is 2.21. The molecule has 1 N–H and O–H groups in total. The molecule has 1 fully saturated rings. The van der Waals surface area contributed by atoms with Crippen LogP contribution in [0.1, 0.15) is 10.4 Å². The minimum atomic E-state index is -0.278. The molecule has 3 rings (SSSR count). The van der Waals surface area contributed by atoms with Crippen molar-refractivity contribution in [2.75, 3.05) is 44.7 Å². The van der Waals surface area contributed by atoms with E-state index in [-0.39, 0.29) is 18.4 Å². The van der Waals surface area contributed by atoms with Gasteiger partial charge in [0.25, 0.3) is 5.91 Å². The summed E-state index contributed by atoms with van der Waals surface area (Å²) < 4.78 is 5.11. The number of piperazine rings is 1. The van der Waals surface area contributed by atoms with Crippen molar-refractivity contribution in [2.45, 2.75) is 0 Å². The SMILES string of the molecule is COc1cccc(C(=O)NCC(=O)N2CCN(c3ccccc3)CC2)c1. The second-order valence-electron chi connectivity index (χ2n) is 6.12. The summed E-state index contributed by atoms with van der Waals surface area (Å²) in [6.07, 6.45) is 0. The summed E-state index contributed by atoms with van der Waals surface area (Å²) in [4.78, 5) is 28.6. The molecule has 6 heteroatoms. The summed E-state index contributed by atoms with van der Waals surface area (Å²) in [7, 11) is 1.55. The van der Waals surface area contributed by atoms with Gasteiger partial charge in [-0.3, -0.25) is 9.59 Å². The van der Waals surface area contributed by atoms with Crippen LogP contribution in [0.25, 0.3) is 0 Å². The summed E-state index contributed by atoms with van der Waals surface area (Å²) in [6, 6.07) is 17.0. The number of benzene rings is 2. The van der Waals surface area contributed by atoms with Gasteiger partial charge < -0.3 is 19.9 Å². The van der Waals surface area contributed by atoms with Crippen molar-refractivity contribution < 1.29 is 14.3 Å². The van der Waals surface area contributed by atoms with E-state index in [0.29, 0.717) is 24.4 Å². The molecular weight excluding hydrogens is 330 g/mol. The van der Waals surface area contributed by atoms with Gasteiger partial charge in [-0.2, -0.15) is 0 Å². The maximum absolute atomic E-state index is 12.4. The topological polar surface area (TPSA) is 61.9 Å². The molecule has 26 heavy (non-hydrogen) atoms. The van der Waals surface area contributed by atoms with Crippen LogP contribution in [0.3, 0.4) is 0 Å². The first-order valence-electron chi connectivity index (χ1n) is 8.67. The van der Waals surface area contributed by atoms with Crippen molar-refractivity contribution >= 4 is 17.5 Å². The van der Waals surface area contributed by atoms with Crippen molar-refractivity contribution in [3.05, 3.63) is 60.2 Å². The van der Waals surface area contributed by atoms with E-state index in [9.17, 15) is 9.59 Å². The number of carbonyl (C=O) groups is 2. The predicted octanol–water partition coefficient (Wildman–Crippen LogP) is 1.77. The molecule has 0 unspecified atom stereocenters. The molecular formula is C20H23N3O3. The molecule has 136 valence electrons. The molecule has 0 aliphatic carbocycles. The van der Waals surface area contributed by atoms with Crippen LogP contribution < -0.4 is 15.0 Å². The number of para-hydroxylation sites is 1. The highest BCUT2D eigenvalue weighted by molar-refractivity contribution is 5.96. The Hall–Kier alpha value is -3.02. The summed E-state index contributed by atoms with van der Waals surface area (Å²) in [5.41, 5.74) is 1.65. The first-order chi connectivity index (χ1) is 12.7. The van der Waals surface area contributed by atoms with Gasteiger partial charge in [-0.15, -0.1) is 0 Å². The first-order valence-corrected chi connectivity index (χ1v) is 8.67. The van der Waals surface area contributed by atoms with Crippen LogP contribution in [0, 0.1) is 0 Å². The lowest BCUT2D eigenvalue weighted by Crippen LogP contribution is -2.51. The Morgan fingerprint density at radius 3 is 2.42 bits per heavy atom. The normalized spacial score (nSPS) is 14.0. The lowest BCUT2D eigenvalue weighted by Gasteiger charge is -2.36. The van der Waals surface area contributed by atoms with Gasteiger partial charge in [-0.1, -0.05) is 24.3 Å². The summed E-state index contributed by atoms with van der Waals surface area (Å²) >= 11 is 0. The minimum Gasteiger partial charge on any atom is -0.497 e. The number of hydrogen-bond donors (Lipinski definition) is 1. The van der Waals surface area contributed by atoms with Crippen LogP contribution >= 0.6 is 0 Å². The second-order valence-corrected chi connectivity index (χ2v) is 6.12. The van der Waals surface area contributed by atoms with Crippen molar-refractivity contribution in [2.24, 2.45) is 0 Å². The Morgan fingerprint density at radius 2 is 1.73 bits per heavy atom. The molecule has 1 aliphatic heterocycles. The summed E-state index contributed by atoms with van der Waals surface area (Å²) in [6.45, 7) is 2.89. The van der Waals surface area contributed by atoms with Crippen LogP contribution in [0.5, 0.6) is 5.75 Å². The van der Waals surface area contributed by atoms with E-state index in [2.05, 4.69) is 22.3 Å². The fourth-order valence-electron chi connectivity index (χ4n) is 2.99. The van der Waals surface area contributed by atoms with Gasteiger partial charge in [0.2, 0.25) is 5.91 Å². The van der Waals surface area contributed by atoms with Gasteiger partial charge in [0.1, 0.15) is 5.75 Å². The van der Waals surface area contributed by atoms with E-state index < -0.39 is 0 Å². The molecule has 0 saturated carbocycles.